The Hall–Kier alpha value is -0.120. The molecule has 0 aromatic heterocycles. The number of hydrogen-bond acceptors (Lipinski definition) is 2. The van der Waals surface area contributed by atoms with Gasteiger partial charge in [-0.3, -0.25) is 0 Å². The average molecular weight is 285 g/mol. The van der Waals surface area contributed by atoms with E-state index in [-0.39, 0.29) is 4.65 Å². The molecule has 0 amide bonds. The molecule has 0 unspecified atom stereocenters. The lowest BCUT2D eigenvalue weighted by atomic mass is 10.1. The molecule has 0 bridgehead atoms. The van der Waals surface area contributed by atoms with E-state index >= 15 is 0 Å². The molecule has 0 aromatic carbocycles. The quantitative estimate of drug-likeness (QED) is 0.297. The van der Waals surface area contributed by atoms with Crippen LogP contribution in [0.4, 0.5) is 0 Å². The predicted octanol–water partition coefficient (Wildman–Crippen LogP) is 4.64. The molecule has 1 aliphatic heterocycles. The average Bonchev–Trinajstić information content (AvgIpc) is 2.45. The molecule has 3 nitrogen and oxygen atoms in total. The van der Waals surface area contributed by atoms with E-state index in [1.54, 1.807) is 0 Å². The fourth-order valence-corrected chi connectivity index (χ4v) is 2.96. The van der Waals surface area contributed by atoms with Gasteiger partial charge in [-0.2, -0.15) is 0 Å². The van der Waals surface area contributed by atoms with Crippen LogP contribution >= 0.6 is 0 Å². The lowest BCUT2D eigenvalue weighted by molar-refractivity contribution is -0.888. The molecule has 3 heteroatoms. The van der Waals surface area contributed by atoms with Crippen molar-refractivity contribution < 1.29 is 9.38 Å². The van der Waals surface area contributed by atoms with Gasteiger partial charge in [-0.25, -0.2) is 0 Å². The van der Waals surface area contributed by atoms with E-state index in [0.717, 1.165) is 13.0 Å². The van der Waals surface area contributed by atoms with Crippen LogP contribution < -0.4 is 0 Å². The topological polar surface area (TPSA) is 32.3 Å². The Balaban J connectivity index is 1.80. The van der Waals surface area contributed by atoms with Crippen molar-refractivity contribution in [3.8, 4) is 0 Å². The summed E-state index contributed by atoms with van der Waals surface area (Å²) in [6.45, 7) is 5.71. The Morgan fingerprint density at radius 2 is 1.20 bits per heavy atom. The maximum Gasteiger partial charge on any atom is 0.102 e. The molecule has 1 rings (SSSR count). The summed E-state index contributed by atoms with van der Waals surface area (Å²) in [6, 6.07) is 0. The molecule has 1 saturated heterocycles. The molecule has 1 fully saturated rings. The molecule has 1 heterocycles. The minimum absolute atomic E-state index is 0.00255. The van der Waals surface area contributed by atoms with E-state index in [1.807, 2.05) is 0 Å². The highest BCUT2D eigenvalue weighted by Crippen LogP contribution is 2.14. The zero-order valence-electron chi connectivity index (χ0n) is 13.6. The van der Waals surface area contributed by atoms with Gasteiger partial charge in [0.1, 0.15) is 13.1 Å². The Morgan fingerprint density at radius 1 is 0.750 bits per heavy atom. The van der Waals surface area contributed by atoms with Crippen molar-refractivity contribution in [1.29, 1.82) is 0 Å². The normalized spacial score (nSPS) is 18.3. The first-order chi connectivity index (χ1) is 9.77. The summed E-state index contributed by atoms with van der Waals surface area (Å²) in [5.74, 6) is 0. The van der Waals surface area contributed by atoms with Crippen molar-refractivity contribution >= 4 is 0 Å². The van der Waals surface area contributed by atoms with Gasteiger partial charge in [0.15, 0.2) is 0 Å². The second-order valence-electron chi connectivity index (χ2n) is 6.38. The molecular formula is C17H35NO2. The van der Waals surface area contributed by atoms with Gasteiger partial charge in [-0.1, -0.05) is 64.7 Å². The second-order valence-corrected chi connectivity index (χ2v) is 6.38. The van der Waals surface area contributed by atoms with E-state index < -0.39 is 0 Å². The van der Waals surface area contributed by atoms with Gasteiger partial charge < -0.3 is 14.6 Å². The third kappa shape index (κ3) is 8.93. The van der Waals surface area contributed by atoms with Crippen LogP contribution in [0.5, 0.6) is 0 Å². The molecule has 0 spiro atoms. The fraction of sp³-hybridized carbons (Fsp3) is 1.00. The Labute approximate surface area is 125 Å². The Bertz CT molecular complexity index is 215. The third-order valence-corrected chi connectivity index (χ3v) is 4.46. The minimum Gasteiger partial charge on any atom is -0.633 e. The maximum atomic E-state index is 12.2. The van der Waals surface area contributed by atoms with E-state index in [1.165, 1.54) is 64.2 Å². The first kappa shape index (κ1) is 17.9. The number of unbranched alkanes of at least 4 members (excludes halogenated alkanes) is 10. The lowest BCUT2D eigenvalue weighted by Crippen LogP contribution is -2.50. The van der Waals surface area contributed by atoms with Crippen molar-refractivity contribution in [2.75, 3.05) is 32.8 Å². The number of nitrogens with zero attached hydrogens (tertiary/aromatic N) is 1. The molecule has 0 radical (unpaired) electrons. The minimum atomic E-state index is -0.00255. The van der Waals surface area contributed by atoms with Crippen molar-refractivity contribution in [2.24, 2.45) is 0 Å². The molecule has 0 saturated carbocycles. The zero-order chi connectivity index (χ0) is 14.5. The fourth-order valence-electron chi connectivity index (χ4n) is 2.96. The first-order valence-corrected chi connectivity index (χ1v) is 8.92. The molecule has 0 aliphatic carbocycles. The summed E-state index contributed by atoms with van der Waals surface area (Å²) in [4.78, 5) is 0. The standard InChI is InChI=1S/C17H35NO2/c1-2-3-4-5-6-7-8-9-10-11-12-13-18(19)14-16-20-17-15-18/h2-17H2,1H3. The summed E-state index contributed by atoms with van der Waals surface area (Å²) in [6.07, 6.45) is 14.8. The Morgan fingerprint density at radius 3 is 1.70 bits per heavy atom. The van der Waals surface area contributed by atoms with E-state index in [0.29, 0.717) is 26.3 Å². The van der Waals surface area contributed by atoms with Gasteiger partial charge in [-0.05, 0) is 12.8 Å². The van der Waals surface area contributed by atoms with Crippen LogP contribution in [-0.4, -0.2) is 37.5 Å². The summed E-state index contributed by atoms with van der Waals surface area (Å²) in [7, 11) is 0. The largest absolute Gasteiger partial charge is 0.633 e. The Kier molecular flexibility index (Phi) is 10.3. The van der Waals surface area contributed by atoms with Crippen LogP contribution in [-0.2, 0) is 4.74 Å². The van der Waals surface area contributed by atoms with Gasteiger partial charge in [-0.15, -0.1) is 0 Å². The van der Waals surface area contributed by atoms with E-state index in [2.05, 4.69) is 6.92 Å². The second kappa shape index (κ2) is 11.5. The van der Waals surface area contributed by atoms with Crippen LogP contribution in [0.1, 0.15) is 77.6 Å². The highest BCUT2D eigenvalue weighted by atomic mass is 16.6. The number of rotatable bonds is 12. The summed E-state index contributed by atoms with van der Waals surface area (Å²) in [5, 5.41) is 12.2. The maximum absolute atomic E-state index is 12.2. The molecule has 0 atom stereocenters. The number of ether oxygens (including phenoxy) is 1. The molecule has 0 aromatic rings. The number of morpholine rings is 1. The summed E-state index contributed by atoms with van der Waals surface area (Å²) < 4.78 is 5.25. The molecule has 1 aliphatic rings. The van der Waals surface area contributed by atoms with Gasteiger partial charge in [0.25, 0.3) is 0 Å². The van der Waals surface area contributed by atoms with Gasteiger partial charge >= 0.3 is 0 Å². The highest BCUT2D eigenvalue weighted by molar-refractivity contribution is 4.52. The van der Waals surface area contributed by atoms with E-state index in [4.69, 9.17) is 4.74 Å². The molecule has 120 valence electrons. The van der Waals surface area contributed by atoms with Crippen LogP contribution in [0.3, 0.4) is 0 Å². The van der Waals surface area contributed by atoms with Crippen LogP contribution in [0, 0.1) is 5.21 Å². The van der Waals surface area contributed by atoms with Crippen LogP contribution in [0.15, 0.2) is 0 Å². The SMILES string of the molecule is CCCCCCCCCCCCC[N+]1([O-])CCOCC1. The smallest absolute Gasteiger partial charge is 0.102 e. The number of quaternary nitrogens is 1. The van der Waals surface area contributed by atoms with Crippen molar-refractivity contribution in [3.63, 3.8) is 0 Å². The third-order valence-electron chi connectivity index (χ3n) is 4.46. The molecule has 20 heavy (non-hydrogen) atoms. The van der Waals surface area contributed by atoms with Crippen molar-refractivity contribution in [1.82, 2.24) is 0 Å². The number of hydrogen-bond donors (Lipinski definition) is 0. The first-order valence-electron chi connectivity index (χ1n) is 8.92. The van der Waals surface area contributed by atoms with Gasteiger partial charge in [0.05, 0.1) is 19.8 Å². The molecular weight excluding hydrogens is 250 g/mol. The summed E-state index contributed by atoms with van der Waals surface area (Å²) in [5.41, 5.74) is 0. The number of hydroxylamine groups is 3. The zero-order valence-corrected chi connectivity index (χ0v) is 13.6. The van der Waals surface area contributed by atoms with E-state index in [9.17, 15) is 5.21 Å². The van der Waals surface area contributed by atoms with Gasteiger partial charge in [0, 0.05) is 0 Å². The monoisotopic (exact) mass is 285 g/mol. The predicted molar refractivity (Wildman–Crippen MR) is 85.5 cm³/mol. The van der Waals surface area contributed by atoms with Crippen molar-refractivity contribution in [2.45, 2.75) is 77.6 Å². The highest BCUT2D eigenvalue weighted by Gasteiger charge is 2.19. The van der Waals surface area contributed by atoms with Crippen LogP contribution in [0.2, 0.25) is 0 Å². The van der Waals surface area contributed by atoms with Gasteiger partial charge in [0.2, 0.25) is 0 Å². The van der Waals surface area contributed by atoms with Crippen molar-refractivity contribution in [3.05, 3.63) is 5.21 Å². The lowest BCUT2D eigenvalue weighted by Gasteiger charge is -2.45. The molecule has 0 N–H and O–H groups in total. The van der Waals surface area contributed by atoms with Crippen LogP contribution in [0.25, 0.3) is 0 Å². The summed E-state index contributed by atoms with van der Waals surface area (Å²) >= 11 is 0.